The molecule has 6 heteroatoms. The molecule has 0 saturated carbocycles. The molecule has 132 heavy (non-hydrogen) atoms. The highest BCUT2D eigenvalue weighted by Crippen LogP contribution is 2.53. The Bertz CT molecular complexity index is 9840. The van der Waals surface area contributed by atoms with Gasteiger partial charge in [-0.2, -0.15) is 0 Å². The fourth-order valence-electron chi connectivity index (χ4n) is 22.4. The first-order chi connectivity index (χ1) is 65.5. The number of hydrogen-bond donors (Lipinski definition) is 0. The Kier molecular flexibility index (Phi) is 16.2. The number of hydrogen-bond acceptors (Lipinski definition) is 3. The zero-order valence-corrected chi connectivity index (χ0v) is 71.4. The third-order valence-electron chi connectivity index (χ3n) is 28.0. The van der Waals surface area contributed by atoms with Crippen LogP contribution in [0.5, 0.6) is 0 Å². The summed E-state index contributed by atoms with van der Waals surface area (Å²) < 4.78 is 27.0. The lowest BCUT2D eigenvalue weighted by Crippen LogP contribution is -1.97. The fraction of sp³-hybridized carbons (Fsp3) is 0. The number of para-hydroxylation sites is 1. The van der Waals surface area contributed by atoms with Crippen molar-refractivity contribution in [2.24, 2.45) is 0 Å². The molecule has 24 aromatic carbocycles. The normalized spacial score (nSPS) is 12.1. The fourth-order valence-corrected chi connectivity index (χ4v) is 22.4. The molecule has 0 unspecified atom stereocenters. The van der Waals surface area contributed by atoms with E-state index in [1.54, 1.807) is 0 Å². The minimum Gasteiger partial charge on any atom is -0.456 e. The molecular formula is C126H75N3O3. The Balaban J connectivity index is 0.0000000991. The number of nitrogens with zero attached hydrogens (tertiary/aromatic N) is 3. The van der Waals surface area contributed by atoms with Crippen LogP contribution in [0.2, 0.25) is 0 Å². The highest BCUT2D eigenvalue weighted by atomic mass is 16.3. The van der Waals surface area contributed by atoms with E-state index < -0.39 is 0 Å². The van der Waals surface area contributed by atoms with Gasteiger partial charge in [0.05, 0.1) is 38.8 Å². The Morgan fingerprint density at radius 3 is 0.811 bits per heavy atom. The van der Waals surface area contributed by atoms with Gasteiger partial charge in [-0.25, -0.2) is 0 Å². The first kappa shape index (κ1) is 73.6. The Hall–Kier alpha value is -17.6. The molecule has 0 bridgehead atoms. The molecule has 0 N–H and O–H groups in total. The zero-order chi connectivity index (χ0) is 86.3. The first-order valence-corrected chi connectivity index (χ1v) is 45.3. The average molecular weight is 1680 g/mol. The molecule has 0 spiro atoms. The predicted molar refractivity (Wildman–Crippen MR) is 555 cm³/mol. The number of fused-ring (bicyclic) bond motifs is 9. The summed E-state index contributed by atoms with van der Waals surface area (Å²) >= 11 is 0. The minimum atomic E-state index is 0.927. The van der Waals surface area contributed by atoms with Gasteiger partial charge in [0, 0.05) is 81.6 Å². The van der Waals surface area contributed by atoms with Crippen LogP contribution in [0.15, 0.2) is 468 Å². The summed E-state index contributed by atoms with van der Waals surface area (Å²) in [6, 6.07) is 164. The van der Waals surface area contributed by atoms with E-state index in [4.69, 9.17) is 13.3 Å². The second-order valence-electron chi connectivity index (χ2n) is 35.0. The lowest BCUT2D eigenvalue weighted by molar-refractivity contribution is 0.669. The monoisotopic (exact) mass is 1680 g/mol. The van der Waals surface area contributed by atoms with Crippen molar-refractivity contribution in [3.05, 3.63) is 455 Å². The van der Waals surface area contributed by atoms with Crippen LogP contribution in [-0.4, -0.2) is 13.7 Å². The van der Waals surface area contributed by atoms with E-state index in [0.29, 0.717) is 0 Å². The predicted octanol–water partition coefficient (Wildman–Crippen LogP) is 35.3. The highest BCUT2D eigenvalue weighted by Gasteiger charge is 2.29. The molecular weight excluding hydrogens is 1600 g/mol. The summed E-state index contributed by atoms with van der Waals surface area (Å²) in [4.78, 5) is 0. The largest absolute Gasteiger partial charge is 0.456 e. The van der Waals surface area contributed by atoms with E-state index in [0.717, 1.165) is 50.6 Å². The SMILES string of the molecule is c1ccc(-c2cc(-c3ccccc3)cc(-n3c4cccc5c6ccccc6c6cccc7oc8ccc3c(c8c76)c54)c2)cc1.c1ccc(-c2ccc(-c3cccc(-n4c5cccc6c7ccccc7c7cccc8oc9ccc4c(c9c87)c65)c3)cc2)cc1.c1ccc(-c2cccc(-c3ccccc3-n3c4cccc5c6ccccc6c6cccc7oc8ccc3c(c8c76)c54)c2)cc1. The minimum absolute atomic E-state index is 0.927. The first-order valence-electron chi connectivity index (χ1n) is 45.3. The van der Waals surface area contributed by atoms with Gasteiger partial charge in [-0.05, 0) is 241 Å². The van der Waals surface area contributed by atoms with Gasteiger partial charge in [0.25, 0.3) is 0 Å². The summed E-state index contributed by atoms with van der Waals surface area (Å²) in [6.07, 6.45) is 0. The summed E-state index contributed by atoms with van der Waals surface area (Å²) in [6.45, 7) is 0. The average Bonchev–Trinajstić information content (AvgIpc) is 1.54. The Labute approximate surface area is 756 Å². The maximum atomic E-state index is 6.55. The summed E-state index contributed by atoms with van der Waals surface area (Å²) in [5.41, 5.74) is 30.6. The van der Waals surface area contributed by atoms with Crippen LogP contribution in [0.4, 0.5) is 0 Å². The maximum absolute atomic E-state index is 6.55. The van der Waals surface area contributed by atoms with Crippen molar-refractivity contribution in [2.45, 2.75) is 0 Å². The van der Waals surface area contributed by atoms with Crippen molar-refractivity contribution in [2.75, 3.05) is 0 Å². The van der Waals surface area contributed by atoms with E-state index in [9.17, 15) is 0 Å². The molecule has 612 valence electrons. The quantitative estimate of drug-likeness (QED) is 0.145. The van der Waals surface area contributed by atoms with Crippen LogP contribution >= 0.6 is 0 Å². The van der Waals surface area contributed by atoms with Crippen LogP contribution in [0.25, 0.3) is 280 Å². The van der Waals surface area contributed by atoms with Crippen molar-refractivity contribution in [1.29, 1.82) is 0 Å². The molecule has 6 nitrogen and oxygen atoms in total. The van der Waals surface area contributed by atoms with Crippen molar-refractivity contribution in [1.82, 2.24) is 13.7 Å². The molecule has 0 amide bonds. The number of rotatable bonds is 9. The second-order valence-corrected chi connectivity index (χ2v) is 35.0. The molecule has 0 aliphatic carbocycles. The number of aromatic nitrogens is 3. The zero-order valence-electron chi connectivity index (χ0n) is 71.4. The van der Waals surface area contributed by atoms with Crippen molar-refractivity contribution < 1.29 is 13.3 Å². The Morgan fingerprint density at radius 1 is 0.129 bits per heavy atom. The molecule has 0 saturated heterocycles. The van der Waals surface area contributed by atoms with Crippen LogP contribution in [0.3, 0.4) is 0 Å². The third kappa shape index (κ3) is 11.0. The highest BCUT2D eigenvalue weighted by molar-refractivity contribution is 6.42. The van der Waals surface area contributed by atoms with Crippen LogP contribution in [0.1, 0.15) is 0 Å². The van der Waals surface area contributed by atoms with Crippen LogP contribution in [-0.2, 0) is 0 Å². The Morgan fingerprint density at radius 2 is 0.386 bits per heavy atom. The second kappa shape index (κ2) is 29.0. The van der Waals surface area contributed by atoms with Gasteiger partial charge in [-0.15, -0.1) is 0 Å². The van der Waals surface area contributed by atoms with E-state index in [1.165, 1.54) is 229 Å². The van der Waals surface area contributed by atoms with Gasteiger partial charge in [-0.1, -0.05) is 340 Å². The summed E-state index contributed by atoms with van der Waals surface area (Å²) in [5.74, 6) is 0. The number of furan rings is 3. The summed E-state index contributed by atoms with van der Waals surface area (Å²) in [7, 11) is 0. The van der Waals surface area contributed by atoms with Gasteiger partial charge in [0.2, 0.25) is 0 Å². The maximum Gasteiger partial charge on any atom is 0.136 e. The molecule has 30 rings (SSSR count). The van der Waals surface area contributed by atoms with E-state index >= 15 is 0 Å². The lowest BCUT2D eigenvalue weighted by atomic mass is 9.95. The standard InChI is InChI=1S/3C42H25NO/c1-3-11-26(12-4-1)28-23-29(27-13-5-2-6-14-27)25-30(24-28)43-35-19-9-17-33-31-15-7-8-16-32(31)34-18-10-20-37-40(34)42-38(44-37)22-21-36(43)41(42)39(33)35;1-2-9-26(10-3-1)27-19-21-28(22-20-27)29-11-6-12-30(25-29)43-35-17-7-15-33-31-13-4-5-14-32(31)34-16-8-18-37-40(34)42-38(44-37)24-23-36(43)41(42)39(33)35;1-2-11-26(12-3-1)27-13-8-14-28(25-27)29-15-6-7-20-34(29)43-35-21-9-18-32-30-16-4-5-17-31(30)33-19-10-22-37-40(33)42-38(44-37)24-23-36(43)41(42)39(32)35/h3*1-25H. The number of benzene rings is 21. The van der Waals surface area contributed by atoms with Gasteiger partial charge in [0.15, 0.2) is 0 Å². The molecule has 0 radical (unpaired) electrons. The van der Waals surface area contributed by atoms with Crippen molar-refractivity contribution >= 4 is 196 Å². The third-order valence-corrected chi connectivity index (χ3v) is 28.0. The van der Waals surface area contributed by atoms with E-state index in [-0.39, 0.29) is 0 Å². The molecule has 0 aliphatic heterocycles. The molecule has 6 aromatic heterocycles. The topological polar surface area (TPSA) is 54.2 Å². The molecule has 0 atom stereocenters. The van der Waals surface area contributed by atoms with Gasteiger partial charge >= 0.3 is 0 Å². The molecule has 6 heterocycles. The van der Waals surface area contributed by atoms with Crippen LogP contribution < -0.4 is 0 Å². The van der Waals surface area contributed by atoms with Crippen molar-refractivity contribution in [3.63, 3.8) is 0 Å². The smallest absolute Gasteiger partial charge is 0.136 e. The van der Waals surface area contributed by atoms with Crippen LogP contribution in [0, 0.1) is 0 Å². The van der Waals surface area contributed by atoms with E-state index in [2.05, 4.69) is 469 Å². The lowest BCUT2D eigenvalue weighted by Gasteiger charge is -2.15. The molecule has 0 fully saturated rings. The van der Waals surface area contributed by atoms with Gasteiger partial charge in [-0.3, -0.25) is 0 Å². The molecule has 30 aromatic rings. The van der Waals surface area contributed by atoms with Gasteiger partial charge in [0.1, 0.15) is 33.5 Å². The van der Waals surface area contributed by atoms with E-state index in [1.807, 2.05) is 0 Å². The van der Waals surface area contributed by atoms with Gasteiger partial charge < -0.3 is 27.0 Å². The summed E-state index contributed by atoms with van der Waals surface area (Å²) in [5, 5.41) is 29.6. The molecule has 0 aliphatic rings. The van der Waals surface area contributed by atoms with Crippen molar-refractivity contribution in [3.8, 4) is 83.8 Å².